The molecule has 0 radical (unpaired) electrons. The van der Waals surface area contributed by atoms with Crippen LogP contribution in [0.5, 0.6) is 0 Å². The second kappa shape index (κ2) is 7.63. The Labute approximate surface area is 155 Å². The number of aliphatic imine (C=N–C) groups is 1. The van der Waals surface area contributed by atoms with Crippen molar-refractivity contribution in [2.75, 3.05) is 13.1 Å². The van der Waals surface area contributed by atoms with E-state index in [9.17, 15) is 0 Å². The van der Waals surface area contributed by atoms with Crippen molar-refractivity contribution in [2.24, 2.45) is 4.99 Å². The number of hydrogen-bond donors (Lipinski definition) is 0. The van der Waals surface area contributed by atoms with Gasteiger partial charge in [0.2, 0.25) is 0 Å². The molecule has 0 atom stereocenters. The van der Waals surface area contributed by atoms with Crippen LogP contribution in [0.3, 0.4) is 0 Å². The quantitative estimate of drug-likeness (QED) is 0.647. The summed E-state index contributed by atoms with van der Waals surface area (Å²) in [7, 11) is 0. The van der Waals surface area contributed by atoms with Crippen molar-refractivity contribution in [1.29, 1.82) is 0 Å². The smallest absolute Gasteiger partial charge is 0.152 e. The van der Waals surface area contributed by atoms with Gasteiger partial charge in [-0.15, -0.1) is 0 Å². The van der Waals surface area contributed by atoms with Crippen LogP contribution in [0.4, 0.5) is 5.82 Å². The molecule has 1 aliphatic rings. The van der Waals surface area contributed by atoms with E-state index in [-0.39, 0.29) is 0 Å². The van der Waals surface area contributed by atoms with E-state index in [1.165, 1.54) is 11.3 Å². The summed E-state index contributed by atoms with van der Waals surface area (Å²) in [5, 5.41) is 0. The van der Waals surface area contributed by atoms with Gasteiger partial charge in [-0.3, -0.25) is 4.90 Å². The minimum atomic E-state index is 0.788. The Bertz CT molecular complexity index is 860. The lowest BCUT2D eigenvalue weighted by Crippen LogP contribution is -2.30. The van der Waals surface area contributed by atoms with Crippen molar-refractivity contribution in [3.63, 3.8) is 0 Å². The van der Waals surface area contributed by atoms with Gasteiger partial charge in [-0.25, -0.2) is 9.98 Å². The fourth-order valence-electron chi connectivity index (χ4n) is 3.40. The Kier molecular flexibility index (Phi) is 4.89. The number of benzene rings is 2. The normalized spacial score (nSPS) is 13.9. The van der Waals surface area contributed by atoms with Gasteiger partial charge in [-0.2, -0.15) is 0 Å². The summed E-state index contributed by atoms with van der Waals surface area (Å²) in [5.41, 5.74) is 5.70. The zero-order valence-corrected chi connectivity index (χ0v) is 15.1. The molecule has 0 amide bonds. The molecule has 0 saturated carbocycles. The number of aromatic nitrogens is 1. The SMILES string of the molecule is CCN1CCc2nc(N=C(c3ccccc3)c3ccccc3)ccc2C1. The van der Waals surface area contributed by atoms with Gasteiger partial charge in [0, 0.05) is 36.3 Å². The Hall–Kier alpha value is -2.78. The van der Waals surface area contributed by atoms with E-state index in [1.54, 1.807) is 0 Å². The maximum atomic E-state index is 4.94. The predicted octanol–water partition coefficient (Wildman–Crippen LogP) is 4.63. The lowest BCUT2D eigenvalue weighted by atomic mass is 10.0. The van der Waals surface area contributed by atoms with Crippen LogP contribution in [0.15, 0.2) is 77.8 Å². The van der Waals surface area contributed by atoms with E-state index in [4.69, 9.17) is 9.98 Å². The van der Waals surface area contributed by atoms with Crippen LogP contribution < -0.4 is 0 Å². The molecule has 1 aliphatic heterocycles. The van der Waals surface area contributed by atoms with Crippen LogP contribution in [-0.2, 0) is 13.0 Å². The van der Waals surface area contributed by atoms with Crippen molar-refractivity contribution < 1.29 is 0 Å². The zero-order chi connectivity index (χ0) is 17.8. The zero-order valence-electron chi connectivity index (χ0n) is 15.1. The molecule has 3 nitrogen and oxygen atoms in total. The molecule has 0 fully saturated rings. The van der Waals surface area contributed by atoms with E-state index in [1.807, 2.05) is 42.5 Å². The first-order chi connectivity index (χ1) is 12.8. The highest BCUT2D eigenvalue weighted by atomic mass is 15.1. The van der Waals surface area contributed by atoms with Crippen LogP contribution in [-0.4, -0.2) is 28.7 Å². The first-order valence-corrected chi connectivity index (χ1v) is 9.24. The first-order valence-electron chi connectivity index (χ1n) is 9.24. The summed E-state index contributed by atoms with van der Waals surface area (Å²) >= 11 is 0. The minimum Gasteiger partial charge on any atom is -0.299 e. The van der Waals surface area contributed by atoms with Gasteiger partial charge in [-0.05, 0) is 18.2 Å². The highest BCUT2D eigenvalue weighted by Gasteiger charge is 2.16. The van der Waals surface area contributed by atoms with Crippen LogP contribution in [0.2, 0.25) is 0 Å². The predicted molar refractivity (Wildman–Crippen MR) is 107 cm³/mol. The molecular weight excluding hydrogens is 318 g/mol. The van der Waals surface area contributed by atoms with Crippen molar-refractivity contribution in [3.8, 4) is 0 Å². The number of nitrogens with zero attached hydrogens (tertiary/aromatic N) is 3. The van der Waals surface area contributed by atoms with E-state index < -0.39 is 0 Å². The van der Waals surface area contributed by atoms with E-state index in [0.717, 1.165) is 48.7 Å². The average Bonchev–Trinajstić information content (AvgIpc) is 2.73. The molecule has 0 spiro atoms. The standard InChI is InChI=1S/C23H23N3/c1-2-26-16-15-21-20(17-26)13-14-22(24-21)25-23(18-9-5-3-6-10-18)19-11-7-4-8-12-19/h3-14H,2,15-17H2,1H3. The number of hydrogen-bond acceptors (Lipinski definition) is 3. The van der Waals surface area contributed by atoms with Crippen molar-refractivity contribution in [3.05, 3.63) is 95.2 Å². The van der Waals surface area contributed by atoms with Gasteiger partial charge >= 0.3 is 0 Å². The van der Waals surface area contributed by atoms with Gasteiger partial charge in [0.15, 0.2) is 5.82 Å². The molecule has 0 unspecified atom stereocenters. The Balaban J connectivity index is 1.74. The summed E-state index contributed by atoms with van der Waals surface area (Å²) in [6, 6.07) is 24.9. The first kappa shape index (κ1) is 16.7. The highest BCUT2D eigenvalue weighted by molar-refractivity contribution is 6.13. The van der Waals surface area contributed by atoms with Crippen LogP contribution in [0.25, 0.3) is 0 Å². The molecule has 4 rings (SSSR count). The van der Waals surface area contributed by atoms with Crippen molar-refractivity contribution in [1.82, 2.24) is 9.88 Å². The fraction of sp³-hybridized carbons (Fsp3) is 0.217. The summed E-state index contributed by atoms with van der Waals surface area (Å²) in [4.78, 5) is 12.2. The van der Waals surface area contributed by atoms with E-state index in [0.29, 0.717) is 0 Å². The summed E-state index contributed by atoms with van der Waals surface area (Å²) in [6.45, 7) is 5.37. The molecule has 2 aromatic carbocycles. The van der Waals surface area contributed by atoms with Crippen LogP contribution >= 0.6 is 0 Å². The maximum Gasteiger partial charge on any atom is 0.152 e. The highest BCUT2D eigenvalue weighted by Crippen LogP contribution is 2.22. The summed E-state index contributed by atoms with van der Waals surface area (Å²) in [5.74, 6) is 0.788. The van der Waals surface area contributed by atoms with E-state index >= 15 is 0 Å². The Morgan fingerprint density at radius 1 is 0.923 bits per heavy atom. The number of pyridine rings is 1. The molecule has 1 aromatic heterocycles. The third kappa shape index (κ3) is 3.58. The summed E-state index contributed by atoms with van der Waals surface area (Å²) in [6.07, 6.45) is 0.999. The molecule has 0 aliphatic carbocycles. The Morgan fingerprint density at radius 3 is 2.19 bits per heavy atom. The number of likely N-dealkylation sites (N-methyl/N-ethyl adjacent to an activating group) is 1. The molecule has 0 N–H and O–H groups in total. The maximum absolute atomic E-state index is 4.94. The fourth-order valence-corrected chi connectivity index (χ4v) is 3.40. The van der Waals surface area contributed by atoms with Crippen LogP contribution in [0, 0.1) is 0 Å². The molecular formula is C23H23N3. The van der Waals surface area contributed by atoms with Gasteiger partial charge < -0.3 is 0 Å². The topological polar surface area (TPSA) is 28.5 Å². The molecule has 2 heterocycles. The lowest BCUT2D eigenvalue weighted by molar-refractivity contribution is 0.266. The Morgan fingerprint density at radius 2 is 1.58 bits per heavy atom. The van der Waals surface area contributed by atoms with Crippen LogP contribution in [0.1, 0.15) is 29.3 Å². The molecule has 130 valence electrons. The average molecular weight is 341 g/mol. The van der Waals surface area contributed by atoms with Gasteiger partial charge in [0.1, 0.15) is 0 Å². The third-order valence-electron chi connectivity index (χ3n) is 4.88. The molecule has 0 bridgehead atoms. The van der Waals surface area contributed by atoms with Gasteiger partial charge in [0.05, 0.1) is 5.71 Å². The van der Waals surface area contributed by atoms with E-state index in [2.05, 4.69) is 42.2 Å². The monoisotopic (exact) mass is 341 g/mol. The molecule has 3 heteroatoms. The molecule has 0 saturated heterocycles. The lowest BCUT2D eigenvalue weighted by Gasteiger charge is -2.26. The van der Waals surface area contributed by atoms with Crippen molar-refractivity contribution in [2.45, 2.75) is 19.9 Å². The second-order valence-corrected chi connectivity index (χ2v) is 6.59. The third-order valence-corrected chi connectivity index (χ3v) is 4.88. The second-order valence-electron chi connectivity index (χ2n) is 6.59. The largest absolute Gasteiger partial charge is 0.299 e. The van der Waals surface area contributed by atoms with Gasteiger partial charge in [0.25, 0.3) is 0 Å². The number of rotatable bonds is 4. The summed E-state index contributed by atoms with van der Waals surface area (Å²) < 4.78 is 0. The number of fused-ring (bicyclic) bond motifs is 1. The molecule has 3 aromatic rings. The molecule has 26 heavy (non-hydrogen) atoms. The van der Waals surface area contributed by atoms with Crippen molar-refractivity contribution >= 4 is 11.5 Å². The van der Waals surface area contributed by atoms with Gasteiger partial charge in [-0.1, -0.05) is 73.7 Å². The minimum absolute atomic E-state index is 0.788.